The molecule has 8 nitrogen and oxygen atoms in total. The molecular weight excluding hydrogens is 428 g/mol. The molecule has 0 unspecified atom stereocenters. The van der Waals surface area contributed by atoms with Crippen LogP contribution < -0.4 is 10.9 Å². The molecule has 3 rings (SSSR count). The zero-order chi connectivity index (χ0) is 23.1. The Bertz CT molecular complexity index is 1220. The smallest absolute Gasteiger partial charge is 0.266 e. The molecule has 0 fully saturated rings. The first-order chi connectivity index (χ1) is 15.4. The number of hydrogen-bond acceptors (Lipinski definition) is 5. The Morgan fingerprint density at radius 1 is 0.969 bits per heavy atom. The molecule has 1 amide bonds. The van der Waals surface area contributed by atoms with E-state index in [0.717, 1.165) is 5.56 Å². The quantitative estimate of drug-likeness (QED) is 0.535. The molecule has 0 bridgehead atoms. The van der Waals surface area contributed by atoms with E-state index in [-0.39, 0.29) is 29.5 Å². The van der Waals surface area contributed by atoms with Crippen molar-refractivity contribution in [2.75, 3.05) is 19.6 Å². The van der Waals surface area contributed by atoms with E-state index >= 15 is 0 Å². The van der Waals surface area contributed by atoms with Gasteiger partial charge in [-0.2, -0.15) is 9.40 Å². The summed E-state index contributed by atoms with van der Waals surface area (Å²) in [6.07, 6.45) is 0. The monoisotopic (exact) mass is 454 g/mol. The maximum atomic E-state index is 12.6. The number of benzene rings is 2. The van der Waals surface area contributed by atoms with Crippen LogP contribution >= 0.6 is 0 Å². The van der Waals surface area contributed by atoms with Gasteiger partial charge in [-0.3, -0.25) is 9.59 Å². The molecule has 2 aromatic carbocycles. The van der Waals surface area contributed by atoms with Crippen LogP contribution in [-0.4, -0.2) is 48.0 Å². The first-order valence-electron chi connectivity index (χ1n) is 10.4. The predicted octanol–water partition coefficient (Wildman–Crippen LogP) is 2.37. The Labute approximate surface area is 187 Å². The second-order valence-electron chi connectivity index (χ2n) is 7.02. The Kier molecular flexibility index (Phi) is 7.55. The minimum Gasteiger partial charge on any atom is -0.350 e. The van der Waals surface area contributed by atoms with Crippen molar-refractivity contribution in [2.45, 2.75) is 25.3 Å². The third-order valence-corrected chi connectivity index (χ3v) is 7.07. The largest absolute Gasteiger partial charge is 0.350 e. The van der Waals surface area contributed by atoms with E-state index in [2.05, 4.69) is 10.4 Å². The van der Waals surface area contributed by atoms with Crippen molar-refractivity contribution in [1.82, 2.24) is 19.4 Å². The van der Waals surface area contributed by atoms with Crippen molar-refractivity contribution < 1.29 is 13.2 Å². The van der Waals surface area contributed by atoms with Gasteiger partial charge in [-0.15, -0.1) is 0 Å². The molecule has 3 aromatic rings. The number of hydrogen-bond donors (Lipinski definition) is 1. The molecule has 0 atom stereocenters. The van der Waals surface area contributed by atoms with Crippen LogP contribution in [0.5, 0.6) is 0 Å². The lowest BCUT2D eigenvalue weighted by Crippen LogP contribution is -2.32. The van der Waals surface area contributed by atoms with Crippen molar-refractivity contribution in [3.8, 4) is 11.3 Å². The maximum absolute atomic E-state index is 12.6. The van der Waals surface area contributed by atoms with Crippen LogP contribution in [0.25, 0.3) is 11.3 Å². The first kappa shape index (κ1) is 23.4. The zero-order valence-corrected chi connectivity index (χ0v) is 18.9. The third-order valence-electron chi connectivity index (χ3n) is 5.01. The van der Waals surface area contributed by atoms with Crippen LogP contribution in [-0.2, 0) is 16.6 Å². The standard InChI is InChI=1S/C23H26N4O4S/c1-3-26(4-2)32(30,31)20-12-10-19(11-13-20)23(29)24-16-17-27-22(28)15-14-21(25-27)18-8-6-5-7-9-18/h5-15H,3-4,16-17H2,1-2H3,(H,24,29). The molecular formula is C23H26N4O4S. The van der Waals surface area contributed by atoms with Crippen LogP contribution in [0.15, 0.2) is 76.4 Å². The van der Waals surface area contributed by atoms with E-state index in [0.29, 0.717) is 24.3 Å². The van der Waals surface area contributed by atoms with Gasteiger partial charge in [0.25, 0.3) is 11.5 Å². The molecule has 0 aliphatic rings. The Hall–Kier alpha value is -3.30. The van der Waals surface area contributed by atoms with Crippen LogP contribution in [0.3, 0.4) is 0 Å². The Morgan fingerprint density at radius 2 is 1.62 bits per heavy atom. The van der Waals surface area contributed by atoms with Crippen LogP contribution in [0.2, 0.25) is 0 Å². The topological polar surface area (TPSA) is 101 Å². The average Bonchev–Trinajstić information content (AvgIpc) is 2.81. The van der Waals surface area contributed by atoms with Crippen LogP contribution in [0.1, 0.15) is 24.2 Å². The second kappa shape index (κ2) is 10.3. The summed E-state index contributed by atoms with van der Waals surface area (Å²) < 4.78 is 27.8. The van der Waals surface area contributed by atoms with Crippen molar-refractivity contribution in [3.05, 3.63) is 82.6 Å². The summed E-state index contributed by atoms with van der Waals surface area (Å²) in [5.74, 6) is -0.357. The summed E-state index contributed by atoms with van der Waals surface area (Å²) in [6.45, 7) is 4.71. The molecule has 1 N–H and O–H groups in total. The lowest BCUT2D eigenvalue weighted by molar-refractivity contribution is 0.0951. The Balaban J connectivity index is 1.64. The summed E-state index contributed by atoms with van der Waals surface area (Å²) >= 11 is 0. The predicted molar refractivity (Wildman–Crippen MR) is 123 cm³/mol. The minimum atomic E-state index is -3.57. The van der Waals surface area contributed by atoms with Crippen LogP contribution in [0, 0.1) is 0 Å². The van der Waals surface area contributed by atoms with Crippen LogP contribution in [0.4, 0.5) is 0 Å². The van der Waals surface area contributed by atoms with Gasteiger partial charge in [0.2, 0.25) is 10.0 Å². The van der Waals surface area contributed by atoms with E-state index in [1.54, 1.807) is 19.9 Å². The lowest BCUT2D eigenvalue weighted by Gasteiger charge is -2.18. The van der Waals surface area contributed by atoms with E-state index in [4.69, 9.17) is 0 Å². The highest BCUT2D eigenvalue weighted by Gasteiger charge is 2.21. The molecule has 1 heterocycles. The highest BCUT2D eigenvalue weighted by Crippen LogP contribution is 2.16. The molecule has 168 valence electrons. The molecule has 0 aliphatic heterocycles. The van der Waals surface area contributed by atoms with Crippen molar-refractivity contribution in [2.24, 2.45) is 0 Å². The number of sulfonamides is 1. The second-order valence-corrected chi connectivity index (χ2v) is 8.95. The number of nitrogens with zero attached hydrogens (tertiary/aromatic N) is 3. The fourth-order valence-electron chi connectivity index (χ4n) is 3.24. The summed E-state index contributed by atoms with van der Waals surface area (Å²) in [5, 5.41) is 7.10. The van der Waals surface area contributed by atoms with Gasteiger partial charge < -0.3 is 5.32 Å². The number of aromatic nitrogens is 2. The van der Waals surface area contributed by atoms with Gasteiger partial charge in [-0.25, -0.2) is 13.1 Å². The number of amides is 1. The molecule has 0 saturated heterocycles. The van der Waals surface area contributed by atoms with Gasteiger partial charge >= 0.3 is 0 Å². The molecule has 0 spiro atoms. The van der Waals surface area contributed by atoms with Gasteiger partial charge in [0, 0.05) is 36.8 Å². The van der Waals surface area contributed by atoms with E-state index in [1.165, 1.54) is 39.3 Å². The van der Waals surface area contributed by atoms with Gasteiger partial charge in [0.05, 0.1) is 17.1 Å². The molecule has 0 aliphatic carbocycles. The minimum absolute atomic E-state index is 0.145. The highest BCUT2D eigenvalue weighted by molar-refractivity contribution is 7.89. The van der Waals surface area contributed by atoms with Crippen molar-refractivity contribution >= 4 is 15.9 Å². The highest BCUT2D eigenvalue weighted by atomic mass is 32.2. The SMILES string of the molecule is CCN(CC)S(=O)(=O)c1ccc(C(=O)NCCn2nc(-c3ccccc3)ccc2=O)cc1. The fraction of sp³-hybridized carbons (Fsp3) is 0.261. The number of rotatable bonds is 9. The summed E-state index contributed by atoms with van der Waals surface area (Å²) in [6, 6.07) is 18.4. The number of nitrogens with one attached hydrogen (secondary N) is 1. The van der Waals surface area contributed by atoms with Crippen molar-refractivity contribution in [3.63, 3.8) is 0 Å². The van der Waals surface area contributed by atoms with E-state index in [1.807, 2.05) is 30.3 Å². The normalized spacial score (nSPS) is 11.5. The van der Waals surface area contributed by atoms with Gasteiger partial charge in [-0.05, 0) is 30.3 Å². The van der Waals surface area contributed by atoms with E-state index in [9.17, 15) is 18.0 Å². The molecule has 9 heteroatoms. The first-order valence-corrected chi connectivity index (χ1v) is 11.8. The van der Waals surface area contributed by atoms with Gasteiger partial charge in [0.1, 0.15) is 0 Å². The average molecular weight is 455 g/mol. The zero-order valence-electron chi connectivity index (χ0n) is 18.1. The van der Waals surface area contributed by atoms with E-state index < -0.39 is 10.0 Å². The summed E-state index contributed by atoms with van der Waals surface area (Å²) in [7, 11) is -3.57. The summed E-state index contributed by atoms with van der Waals surface area (Å²) in [4.78, 5) is 24.7. The number of carbonyl (C=O) groups excluding carboxylic acids is 1. The van der Waals surface area contributed by atoms with Gasteiger partial charge in [-0.1, -0.05) is 44.2 Å². The van der Waals surface area contributed by atoms with Gasteiger partial charge in [0.15, 0.2) is 0 Å². The molecule has 1 aromatic heterocycles. The maximum Gasteiger partial charge on any atom is 0.266 e. The number of carbonyl (C=O) groups is 1. The third kappa shape index (κ3) is 5.30. The lowest BCUT2D eigenvalue weighted by atomic mass is 10.1. The molecule has 32 heavy (non-hydrogen) atoms. The fourth-order valence-corrected chi connectivity index (χ4v) is 4.70. The van der Waals surface area contributed by atoms with Crippen molar-refractivity contribution in [1.29, 1.82) is 0 Å². The summed E-state index contributed by atoms with van der Waals surface area (Å²) in [5.41, 5.74) is 1.64. The Morgan fingerprint density at radius 3 is 2.25 bits per heavy atom. The molecule has 0 saturated carbocycles. The molecule has 0 radical (unpaired) electrons.